The van der Waals surface area contributed by atoms with Crippen LogP contribution in [0.1, 0.15) is 36.8 Å². The molecule has 3 rings (SSSR count). The molecule has 1 saturated heterocycles. The van der Waals surface area contributed by atoms with Gasteiger partial charge in [0.1, 0.15) is 5.82 Å². The third kappa shape index (κ3) is 10.4. The number of rotatable bonds is 12. The van der Waals surface area contributed by atoms with Crippen LogP contribution in [-0.2, 0) is 32.2 Å². The van der Waals surface area contributed by atoms with Gasteiger partial charge in [-0.2, -0.15) is 0 Å². The van der Waals surface area contributed by atoms with E-state index in [4.69, 9.17) is 25.2 Å². The molecule has 0 spiro atoms. The number of benzene rings is 1. The molecule has 1 atom stereocenters. The second-order valence-corrected chi connectivity index (χ2v) is 9.23. The third-order valence-corrected chi connectivity index (χ3v) is 5.97. The molecule has 4 N–H and O–H groups in total. The summed E-state index contributed by atoms with van der Waals surface area (Å²) in [5.74, 6) is -5.18. The van der Waals surface area contributed by atoms with Crippen molar-refractivity contribution in [3.63, 3.8) is 0 Å². The zero-order valence-corrected chi connectivity index (χ0v) is 21.1. The molecule has 1 unspecified atom stereocenters. The van der Waals surface area contributed by atoms with Crippen LogP contribution in [0.15, 0.2) is 41.8 Å². The molecule has 0 bridgehead atoms. The predicted molar refractivity (Wildman–Crippen MR) is 130 cm³/mol. The van der Waals surface area contributed by atoms with Crippen LogP contribution in [0.4, 0.5) is 4.39 Å². The second-order valence-electron chi connectivity index (χ2n) is 8.45. The molecular formula is C24H30FN3O8S. The Morgan fingerprint density at radius 1 is 1.11 bits per heavy atom. The fraction of sp³-hybridized carbons (Fsp3) is 0.458. The highest BCUT2D eigenvalue weighted by Gasteiger charge is 2.40. The first-order valence-corrected chi connectivity index (χ1v) is 12.6. The predicted octanol–water partition coefficient (Wildman–Crippen LogP) is 2.27. The molecule has 1 aromatic heterocycles. The van der Waals surface area contributed by atoms with Crippen LogP contribution in [0.5, 0.6) is 0 Å². The van der Waals surface area contributed by atoms with Gasteiger partial charge in [-0.05, 0) is 25.2 Å². The van der Waals surface area contributed by atoms with Gasteiger partial charge in [-0.15, -0.1) is 0 Å². The van der Waals surface area contributed by atoms with Gasteiger partial charge in [0, 0.05) is 49.8 Å². The third-order valence-electron chi connectivity index (χ3n) is 5.39. The van der Waals surface area contributed by atoms with Crippen LogP contribution in [0.3, 0.4) is 0 Å². The molecule has 2 heterocycles. The van der Waals surface area contributed by atoms with Gasteiger partial charge < -0.3 is 25.2 Å². The maximum Gasteiger partial charge on any atom is 0.336 e. The van der Waals surface area contributed by atoms with Crippen LogP contribution < -0.4 is 0 Å². The molecule has 1 aromatic carbocycles. The lowest BCUT2D eigenvalue weighted by molar-refractivity contribution is -0.170. The minimum absolute atomic E-state index is 0.163. The number of carboxylic acids is 3. The first-order valence-electron chi connectivity index (χ1n) is 11.3. The Balaban J connectivity index is 0.000000317. The van der Waals surface area contributed by atoms with Crippen molar-refractivity contribution in [2.45, 2.75) is 55.6 Å². The summed E-state index contributed by atoms with van der Waals surface area (Å²) >= 11 is 1.52. The van der Waals surface area contributed by atoms with Gasteiger partial charge >= 0.3 is 17.9 Å². The summed E-state index contributed by atoms with van der Waals surface area (Å²) in [7, 11) is 0. The Bertz CT molecular complexity index is 1030. The molecule has 1 aliphatic rings. The van der Waals surface area contributed by atoms with E-state index in [1.54, 1.807) is 6.07 Å². The standard InChI is InChI=1S/C18H22FN3OS.C6H8O7/c1-24-18-20-9-14(10-21-18)11-22(13-16-6-4-8-23-16)12-15-5-2-3-7-17(15)19;7-3(8)1-6(13,5(11)12)2-4(9)10/h2-3,5,7,9-10,16H,4,6,8,11-13H2,1H3;13H,1-2H2,(H,7,8)(H,9,10)(H,11,12). The average molecular weight is 540 g/mol. The number of carboxylic acid groups (broad SMARTS) is 3. The largest absolute Gasteiger partial charge is 0.481 e. The van der Waals surface area contributed by atoms with E-state index < -0.39 is 36.4 Å². The van der Waals surface area contributed by atoms with Crippen molar-refractivity contribution in [2.75, 3.05) is 19.4 Å². The lowest BCUT2D eigenvalue weighted by Gasteiger charge is -2.25. The lowest BCUT2D eigenvalue weighted by Crippen LogP contribution is -2.42. The Labute approximate surface area is 217 Å². The molecule has 1 fully saturated rings. The second kappa shape index (κ2) is 14.6. The number of carbonyl (C=O) groups is 3. The van der Waals surface area contributed by atoms with E-state index in [1.807, 2.05) is 30.8 Å². The fourth-order valence-electron chi connectivity index (χ4n) is 3.63. The normalized spacial score (nSPS) is 15.2. The highest BCUT2D eigenvalue weighted by atomic mass is 32.2. The van der Waals surface area contributed by atoms with E-state index in [-0.39, 0.29) is 11.9 Å². The fourth-order valence-corrected chi connectivity index (χ4v) is 3.95. The minimum atomic E-state index is -2.74. The molecule has 0 aliphatic carbocycles. The van der Waals surface area contributed by atoms with Gasteiger partial charge in [-0.1, -0.05) is 30.0 Å². The first-order chi connectivity index (χ1) is 17.5. The number of aliphatic hydroxyl groups is 1. The van der Waals surface area contributed by atoms with Crippen molar-refractivity contribution in [3.05, 3.63) is 53.6 Å². The zero-order chi connectivity index (χ0) is 27.4. The molecule has 13 heteroatoms. The van der Waals surface area contributed by atoms with Gasteiger partial charge in [0.15, 0.2) is 10.8 Å². The van der Waals surface area contributed by atoms with Crippen LogP contribution >= 0.6 is 11.8 Å². The topological polar surface area (TPSA) is 170 Å². The lowest BCUT2D eigenvalue weighted by atomic mass is 9.96. The van der Waals surface area contributed by atoms with E-state index in [2.05, 4.69) is 14.9 Å². The molecule has 202 valence electrons. The van der Waals surface area contributed by atoms with Crippen molar-refractivity contribution in [1.29, 1.82) is 0 Å². The zero-order valence-electron chi connectivity index (χ0n) is 20.2. The van der Waals surface area contributed by atoms with Crippen LogP contribution in [0.2, 0.25) is 0 Å². The van der Waals surface area contributed by atoms with Crippen molar-refractivity contribution in [3.8, 4) is 0 Å². The minimum Gasteiger partial charge on any atom is -0.481 e. The highest BCUT2D eigenvalue weighted by Crippen LogP contribution is 2.19. The number of ether oxygens (including phenoxy) is 1. The molecule has 0 radical (unpaired) electrons. The first kappa shape index (κ1) is 30.1. The van der Waals surface area contributed by atoms with Crippen LogP contribution in [0, 0.1) is 5.82 Å². The average Bonchev–Trinajstić information content (AvgIpc) is 3.33. The summed E-state index contributed by atoms with van der Waals surface area (Å²) in [5, 5.41) is 34.6. The Hall–Kier alpha value is -3.13. The SMILES string of the molecule is CSc1ncc(CN(Cc2ccccc2F)CC2CCCO2)cn1.O=C(O)CC(O)(CC(=O)O)C(=O)O. The van der Waals surface area contributed by atoms with E-state index in [0.717, 1.165) is 36.7 Å². The maximum atomic E-state index is 14.0. The smallest absolute Gasteiger partial charge is 0.336 e. The summed E-state index contributed by atoms with van der Waals surface area (Å²) in [6.07, 6.45) is 5.76. The van der Waals surface area contributed by atoms with E-state index in [0.29, 0.717) is 18.7 Å². The summed E-state index contributed by atoms with van der Waals surface area (Å²) in [6, 6.07) is 6.94. The number of aliphatic carboxylic acids is 3. The summed E-state index contributed by atoms with van der Waals surface area (Å²) < 4.78 is 19.8. The number of aromatic nitrogens is 2. The molecule has 1 aliphatic heterocycles. The molecular weight excluding hydrogens is 509 g/mol. The van der Waals surface area contributed by atoms with Crippen LogP contribution in [0.25, 0.3) is 0 Å². The molecule has 37 heavy (non-hydrogen) atoms. The summed E-state index contributed by atoms with van der Waals surface area (Å²) in [6.45, 7) is 2.85. The van der Waals surface area contributed by atoms with Crippen molar-refractivity contribution in [1.82, 2.24) is 14.9 Å². The number of nitrogens with zero attached hydrogens (tertiary/aromatic N) is 3. The van der Waals surface area contributed by atoms with E-state index in [1.165, 1.54) is 17.8 Å². The van der Waals surface area contributed by atoms with Crippen molar-refractivity contribution >= 4 is 29.7 Å². The maximum absolute atomic E-state index is 14.0. The monoisotopic (exact) mass is 539 g/mol. The molecule has 2 aromatic rings. The van der Waals surface area contributed by atoms with Gasteiger partial charge in [-0.25, -0.2) is 19.2 Å². The number of hydrogen-bond acceptors (Lipinski definition) is 9. The van der Waals surface area contributed by atoms with Crippen LogP contribution in [-0.4, -0.2) is 84.3 Å². The van der Waals surface area contributed by atoms with Gasteiger partial charge in [0.2, 0.25) is 0 Å². The molecule has 0 saturated carbocycles. The quantitative estimate of drug-likeness (QED) is 0.229. The number of hydrogen-bond donors (Lipinski definition) is 4. The Kier molecular flexibility index (Phi) is 11.9. The summed E-state index contributed by atoms with van der Waals surface area (Å²) in [5.41, 5.74) is -1.00. The molecule has 11 nitrogen and oxygen atoms in total. The van der Waals surface area contributed by atoms with Crippen molar-refractivity contribution in [2.24, 2.45) is 0 Å². The molecule has 0 amide bonds. The van der Waals surface area contributed by atoms with Gasteiger partial charge in [0.25, 0.3) is 0 Å². The van der Waals surface area contributed by atoms with Gasteiger partial charge in [-0.3, -0.25) is 14.5 Å². The van der Waals surface area contributed by atoms with Gasteiger partial charge in [0.05, 0.1) is 18.9 Å². The summed E-state index contributed by atoms with van der Waals surface area (Å²) in [4.78, 5) is 41.4. The number of halogens is 1. The highest BCUT2D eigenvalue weighted by molar-refractivity contribution is 7.98. The number of thioether (sulfide) groups is 1. The Morgan fingerprint density at radius 3 is 2.22 bits per heavy atom. The Morgan fingerprint density at radius 2 is 1.73 bits per heavy atom. The van der Waals surface area contributed by atoms with Crippen molar-refractivity contribution < 1.29 is 43.9 Å². The van der Waals surface area contributed by atoms with E-state index >= 15 is 0 Å². The van der Waals surface area contributed by atoms with E-state index in [9.17, 15) is 18.8 Å².